The molecule has 0 saturated heterocycles. The van der Waals surface area contributed by atoms with E-state index in [9.17, 15) is 4.79 Å². The summed E-state index contributed by atoms with van der Waals surface area (Å²) < 4.78 is 0. The largest absolute Gasteiger partial charge is 0.373 e. The van der Waals surface area contributed by atoms with Gasteiger partial charge >= 0.3 is 0 Å². The highest BCUT2D eigenvalue weighted by Crippen LogP contribution is 2.24. The smallest absolute Gasteiger partial charge is 0.253 e. The lowest BCUT2D eigenvalue weighted by Crippen LogP contribution is -2.38. The fourth-order valence-corrected chi connectivity index (χ4v) is 2.56. The predicted octanol–water partition coefficient (Wildman–Crippen LogP) is 3.44. The van der Waals surface area contributed by atoms with Crippen molar-refractivity contribution in [2.24, 2.45) is 5.92 Å². The third kappa shape index (κ3) is 3.15. The van der Waals surface area contributed by atoms with Crippen molar-refractivity contribution in [2.45, 2.75) is 33.2 Å². The van der Waals surface area contributed by atoms with E-state index >= 15 is 0 Å². The van der Waals surface area contributed by atoms with E-state index in [1.54, 1.807) is 6.20 Å². The molecule has 0 spiro atoms. The summed E-state index contributed by atoms with van der Waals surface area (Å²) in [6.07, 6.45) is 2.57. The van der Waals surface area contributed by atoms with E-state index in [2.05, 4.69) is 36.4 Å². The minimum Gasteiger partial charge on any atom is -0.373 e. The van der Waals surface area contributed by atoms with Crippen LogP contribution in [0.2, 0.25) is 0 Å². The number of nitrogens with one attached hydrogen (secondary N) is 2. The highest BCUT2D eigenvalue weighted by atomic mass is 16.1. The van der Waals surface area contributed by atoms with Crippen LogP contribution in [-0.4, -0.2) is 24.0 Å². The summed E-state index contributed by atoms with van der Waals surface area (Å²) in [4.78, 5) is 16.9. The van der Waals surface area contributed by atoms with Gasteiger partial charge in [-0.15, -0.1) is 0 Å². The van der Waals surface area contributed by atoms with Crippen molar-refractivity contribution in [3.05, 3.63) is 36.0 Å². The molecule has 21 heavy (non-hydrogen) atoms. The van der Waals surface area contributed by atoms with Gasteiger partial charge in [0, 0.05) is 24.7 Å². The van der Waals surface area contributed by atoms with Crippen LogP contribution in [0.5, 0.6) is 0 Å². The molecular weight excluding hydrogens is 262 g/mol. The summed E-state index contributed by atoms with van der Waals surface area (Å²) in [5.74, 6) is 1.15. The molecule has 112 valence electrons. The van der Waals surface area contributed by atoms with Gasteiger partial charge in [0.2, 0.25) is 0 Å². The molecule has 1 unspecified atom stereocenters. The van der Waals surface area contributed by atoms with Crippen molar-refractivity contribution in [3.63, 3.8) is 0 Å². The summed E-state index contributed by atoms with van der Waals surface area (Å²) >= 11 is 0. The van der Waals surface area contributed by atoms with Gasteiger partial charge in [-0.05, 0) is 17.7 Å². The Balaban J connectivity index is 2.40. The molecule has 0 aliphatic carbocycles. The Labute approximate surface area is 126 Å². The number of nitrogens with zero attached hydrogens (tertiary/aromatic N) is 1. The van der Waals surface area contributed by atoms with E-state index in [0.717, 1.165) is 23.0 Å². The molecule has 0 aliphatic heterocycles. The minimum atomic E-state index is -0.0538. The average molecular weight is 285 g/mol. The molecule has 0 radical (unpaired) electrons. The molecule has 1 atom stereocenters. The molecule has 2 rings (SSSR count). The van der Waals surface area contributed by atoms with Gasteiger partial charge < -0.3 is 10.6 Å². The van der Waals surface area contributed by atoms with Crippen LogP contribution in [0.15, 0.2) is 30.5 Å². The molecule has 4 heteroatoms. The second kappa shape index (κ2) is 6.57. The van der Waals surface area contributed by atoms with Crippen molar-refractivity contribution in [3.8, 4) is 0 Å². The average Bonchev–Trinajstić information content (AvgIpc) is 2.50. The molecule has 1 heterocycles. The maximum atomic E-state index is 12.6. The number of fused-ring (bicyclic) bond motifs is 1. The van der Waals surface area contributed by atoms with Crippen LogP contribution in [-0.2, 0) is 0 Å². The molecule has 2 N–H and O–H groups in total. The number of aromatic nitrogens is 1. The van der Waals surface area contributed by atoms with Crippen molar-refractivity contribution in [1.29, 1.82) is 0 Å². The van der Waals surface area contributed by atoms with E-state index < -0.39 is 0 Å². The standard InChI is InChI=1S/C17H23N3O/c1-5-15(11(2)3)20-17(21)14-10-19-16(18-4)13-9-7-6-8-12(13)14/h6-11,15H,5H2,1-4H3,(H,18,19)(H,20,21). The zero-order chi connectivity index (χ0) is 15.4. The normalized spacial score (nSPS) is 12.4. The summed E-state index contributed by atoms with van der Waals surface area (Å²) in [6.45, 7) is 6.33. The topological polar surface area (TPSA) is 54.0 Å². The number of hydrogen-bond donors (Lipinski definition) is 2. The number of carbonyl (C=O) groups is 1. The maximum absolute atomic E-state index is 12.6. The number of benzene rings is 1. The summed E-state index contributed by atoms with van der Waals surface area (Å²) in [7, 11) is 1.83. The van der Waals surface area contributed by atoms with Crippen molar-refractivity contribution < 1.29 is 4.79 Å². The van der Waals surface area contributed by atoms with Crippen LogP contribution in [0.1, 0.15) is 37.6 Å². The second-order valence-corrected chi connectivity index (χ2v) is 5.55. The number of pyridine rings is 1. The molecule has 1 aromatic carbocycles. The Bertz CT molecular complexity index is 637. The fourth-order valence-electron chi connectivity index (χ4n) is 2.56. The van der Waals surface area contributed by atoms with Crippen LogP contribution in [0.3, 0.4) is 0 Å². The fraction of sp³-hybridized carbons (Fsp3) is 0.412. The van der Waals surface area contributed by atoms with E-state index in [1.165, 1.54) is 0 Å². The number of anilines is 1. The number of amides is 1. The monoisotopic (exact) mass is 285 g/mol. The number of hydrogen-bond acceptors (Lipinski definition) is 3. The van der Waals surface area contributed by atoms with Gasteiger partial charge in [0.25, 0.3) is 5.91 Å². The van der Waals surface area contributed by atoms with Gasteiger partial charge in [-0.1, -0.05) is 45.0 Å². The van der Waals surface area contributed by atoms with Crippen molar-refractivity contribution in [2.75, 3.05) is 12.4 Å². The summed E-state index contributed by atoms with van der Waals surface area (Å²) in [5.41, 5.74) is 0.628. The van der Waals surface area contributed by atoms with Crippen LogP contribution < -0.4 is 10.6 Å². The lowest BCUT2D eigenvalue weighted by atomic mass is 10.0. The first-order chi connectivity index (χ1) is 10.1. The molecule has 1 amide bonds. The Morgan fingerprint density at radius 2 is 1.90 bits per heavy atom. The first-order valence-corrected chi connectivity index (χ1v) is 7.44. The summed E-state index contributed by atoms with van der Waals surface area (Å²) in [5, 5.41) is 8.06. The second-order valence-electron chi connectivity index (χ2n) is 5.55. The third-order valence-electron chi connectivity index (χ3n) is 3.84. The van der Waals surface area contributed by atoms with E-state index in [1.807, 2.05) is 31.3 Å². The molecular formula is C17H23N3O. The maximum Gasteiger partial charge on any atom is 0.253 e. The van der Waals surface area contributed by atoms with Crippen molar-refractivity contribution >= 4 is 22.5 Å². The predicted molar refractivity (Wildman–Crippen MR) is 87.7 cm³/mol. The van der Waals surface area contributed by atoms with Crippen LogP contribution in [0.4, 0.5) is 5.82 Å². The zero-order valence-corrected chi connectivity index (χ0v) is 13.1. The SMILES string of the molecule is CCC(NC(=O)c1cnc(NC)c2ccccc12)C(C)C. The minimum absolute atomic E-state index is 0.0538. The summed E-state index contributed by atoms with van der Waals surface area (Å²) in [6, 6.07) is 8.02. The van der Waals surface area contributed by atoms with Gasteiger partial charge in [-0.3, -0.25) is 4.79 Å². The van der Waals surface area contributed by atoms with Gasteiger partial charge in [-0.25, -0.2) is 4.98 Å². The lowest BCUT2D eigenvalue weighted by Gasteiger charge is -2.21. The molecule has 0 aliphatic rings. The molecule has 2 aromatic rings. The van der Waals surface area contributed by atoms with Crippen LogP contribution >= 0.6 is 0 Å². The molecule has 4 nitrogen and oxygen atoms in total. The number of rotatable bonds is 5. The highest BCUT2D eigenvalue weighted by Gasteiger charge is 2.18. The Morgan fingerprint density at radius 1 is 1.24 bits per heavy atom. The van der Waals surface area contributed by atoms with Crippen LogP contribution in [0.25, 0.3) is 10.8 Å². The highest BCUT2D eigenvalue weighted by molar-refractivity contribution is 6.09. The Hall–Kier alpha value is -2.10. The van der Waals surface area contributed by atoms with Gasteiger partial charge in [-0.2, -0.15) is 0 Å². The molecule has 1 aromatic heterocycles. The van der Waals surface area contributed by atoms with E-state index in [-0.39, 0.29) is 11.9 Å². The lowest BCUT2D eigenvalue weighted by molar-refractivity contribution is 0.0926. The molecule has 0 fully saturated rings. The molecule has 0 saturated carbocycles. The zero-order valence-electron chi connectivity index (χ0n) is 13.1. The van der Waals surface area contributed by atoms with Gasteiger partial charge in [0.15, 0.2) is 0 Å². The van der Waals surface area contributed by atoms with E-state index in [4.69, 9.17) is 0 Å². The first-order valence-electron chi connectivity index (χ1n) is 7.44. The number of carbonyl (C=O) groups excluding carboxylic acids is 1. The van der Waals surface area contributed by atoms with Gasteiger partial charge in [0.1, 0.15) is 5.82 Å². The Kier molecular flexibility index (Phi) is 4.78. The van der Waals surface area contributed by atoms with Gasteiger partial charge in [0.05, 0.1) is 5.56 Å². The first kappa shape index (κ1) is 15.3. The Morgan fingerprint density at radius 3 is 2.48 bits per heavy atom. The van der Waals surface area contributed by atoms with E-state index in [0.29, 0.717) is 11.5 Å². The van der Waals surface area contributed by atoms with Crippen LogP contribution in [0, 0.1) is 5.92 Å². The quantitative estimate of drug-likeness (QED) is 0.884. The third-order valence-corrected chi connectivity index (χ3v) is 3.84. The molecule has 0 bridgehead atoms. The van der Waals surface area contributed by atoms with Crippen molar-refractivity contribution in [1.82, 2.24) is 10.3 Å².